The summed E-state index contributed by atoms with van der Waals surface area (Å²) in [6, 6.07) is 0. The van der Waals surface area contributed by atoms with E-state index < -0.39 is 11.2 Å². The normalized spacial score (nSPS) is 50.6. The van der Waals surface area contributed by atoms with Crippen LogP contribution in [0.1, 0.15) is 132 Å². The molecule has 6 rings (SSSR count). The Balaban J connectivity index is 0.000000168. The number of fused-ring (bicyclic) bond motifs is 6. The lowest BCUT2D eigenvalue weighted by molar-refractivity contribution is -0.144. The van der Waals surface area contributed by atoms with Crippen molar-refractivity contribution < 1.29 is 30.0 Å². The fourth-order valence-corrected chi connectivity index (χ4v) is 11.1. The highest BCUT2D eigenvalue weighted by atomic mass is 16.3. The highest BCUT2D eigenvalue weighted by Crippen LogP contribution is 2.66. The van der Waals surface area contributed by atoms with Crippen LogP contribution in [0.15, 0.2) is 22.7 Å². The van der Waals surface area contributed by atoms with E-state index in [9.17, 15) is 30.0 Å². The second-order valence-electron chi connectivity index (χ2n) is 17.0. The molecule has 6 heteroatoms. The van der Waals surface area contributed by atoms with E-state index in [1.165, 1.54) is 0 Å². The van der Waals surface area contributed by atoms with E-state index in [0.717, 1.165) is 75.4 Å². The van der Waals surface area contributed by atoms with Crippen molar-refractivity contribution >= 4 is 11.6 Å². The molecule has 6 nitrogen and oxygen atoms in total. The van der Waals surface area contributed by atoms with Crippen LogP contribution in [0.5, 0.6) is 0 Å². The molecule has 0 amide bonds. The minimum Gasteiger partial charge on any atom is -0.504 e. The first kappa shape index (κ1) is 31.8. The summed E-state index contributed by atoms with van der Waals surface area (Å²) in [4.78, 5) is 24.4. The summed E-state index contributed by atoms with van der Waals surface area (Å²) in [7, 11) is 0. The van der Waals surface area contributed by atoms with Crippen LogP contribution in [0.2, 0.25) is 0 Å². The molecule has 4 saturated carbocycles. The molecule has 6 aliphatic carbocycles. The van der Waals surface area contributed by atoms with Crippen LogP contribution in [0.3, 0.4) is 0 Å². The Morgan fingerprint density at radius 2 is 0.905 bits per heavy atom. The average molecular weight is 585 g/mol. The summed E-state index contributed by atoms with van der Waals surface area (Å²) in [5.74, 6) is 1.41. The molecular weight excluding hydrogens is 528 g/mol. The molecule has 4 fully saturated rings. The number of ketones is 2. The predicted molar refractivity (Wildman–Crippen MR) is 164 cm³/mol. The molecule has 10 atom stereocenters. The molecule has 236 valence electrons. The molecule has 0 unspecified atom stereocenters. The average Bonchev–Trinajstić information content (AvgIpc) is 2.91. The summed E-state index contributed by atoms with van der Waals surface area (Å²) in [5, 5.41) is 41.0. The first-order chi connectivity index (χ1) is 19.2. The predicted octanol–water partition coefficient (Wildman–Crippen LogP) is 7.53. The van der Waals surface area contributed by atoms with Crippen LogP contribution in [0.25, 0.3) is 0 Å². The van der Waals surface area contributed by atoms with E-state index in [0.29, 0.717) is 36.5 Å². The van der Waals surface area contributed by atoms with E-state index in [2.05, 4.69) is 27.7 Å². The lowest BCUT2D eigenvalue weighted by Crippen LogP contribution is -2.56. The number of aliphatic hydroxyl groups is 4. The second kappa shape index (κ2) is 9.92. The van der Waals surface area contributed by atoms with E-state index in [1.54, 1.807) is 0 Å². The van der Waals surface area contributed by atoms with Gasteiger partial charge in [-0.3, -0.25) is 9.59 Å². The zero-order valence-corrected chi connectivity index (χ0v) is 27.4. The Morgan fingerprint density at radius 1 is 0.571 bits per heavy atom. The Kier molecular flexibility index (Phi) is 7.50. The number of allylic oxidation sites excluding steroid dienone is 4. The molecule has 6 aliphatic rings. The van der Waals surface area contributed by atoms with Crippen molar-refractivity contribution in [1.29, 1.82) is 0 Å². The minimum absolute atomic E-state index is 0.0126. The summed E-state index contributed by atoms with van der Waals surface area (Å²) in [6.07, 6.45) is 10.4. The van der Waals surface area contributed by atoms with Gasteiger partial charge in [0.05, 0.1) is 11.2 Å². The van der Waals surface area contributed by atoms with Gasteiger partial charge in [0.1, 0.15) is 0 Å². The standard InChI is InChI=1S/2C18H28O3/c2*1-11-15(20)13(19)9-14-17(11,3)6-5-12-10-16(2,21)7-8-18(12,14)4/h2*12,14,20-21H,5-10H2,1-4H3/t2*12-,14-,16-,17+,18-/m00/s1. The number of hydrogen-bond acceptors (Lipinski definition) is 6. The van der Waals surface area contributed by atoms with Crippen LogP contribution in [0, 0.1) is 45.3 Å². The van der Waals surface area contributed by atoms with Crippen molar-refractivity contribution in [2.24, 2.45) is 45.3 Å². The molecule has 0 aromatic carbocycles. The Morgan fingerprint density at radius 3 is 1.24 bits per heavy atom. The molecule has 0 radical (unpaired) electrons. The maximum absolute atomic E-state index is 12.2. The summed E-state index contributed by atoms with van der Waals surface area (Å²) in [6.45, 7) is 16.8. The first-order valence-electron chi connectivity index (χ1n) is 16.5. The van der Waals surface area contributed by atoms with Crippen molar-refractivity contribution in [3.8, 4) is 0 Å². The van der Waals surface area contributed by atoms with Crippen LogP contribution in [0.4, 0.5) is 0 Å². The van der Waals surface area contributed by atoms with Gasteiger partial charge >= 0.3 is 0 Å². The van der Waals surface area contributed by atoms with E-state index in [4.69, 9.17) is 0 Å². The van der Waals surface area contributed by atoms with Gasteiger partial charge in [-0.05, 0) is 148 Å². The van der Waals surface area contributed by atoms with Crippen LogP contribution in [-0.2, 0) is 9.59 Å². The Hall–Kier alpha value is -1.66. The molecule has 0 aromatic rings. The third kappa shape index (κ3) is 4.73. The molecule has 0 spiro atoms. The van der Waals surface area contributed by atoms with Crippen molar-refractivity contribution in [2.75, 3.05) is 0 Å². The summed E-state index contributed by atoms with van der Waals surface area (Å²) < 4.78 is 0. The maximum Gasteiger partial charge on any atom is 0.197 e. The van der Waals surface area contributed by atoms with Crippen LogP contribution < -0.4 is 0 Å². The third-order valence-corrected chi connectivity index (χ3v) is 14.5. The van der Waals surface area contributed by atoms with Gasteiger partial charge < -0.3 is 20.4 Å². The van der Waals surface area contributed by atoms with Crippen molar-refractivity contribution in [1.82, 2.24) is 0 Å². The van der Waals surface area contributed by atoms with Crippen molar-refractivity contribution in [3.05, 3.63) is 22.7 Å². The zero-order chi connectivity index (χ0) is 31.3. The number of carbonyl (C=O) groups is 2. The second-order valence-corrected chi connectivity index (χ2v) is 17.0. The van der Waals surface area contributed by atoms with Gasteiger partial charge in [-0.15, -0.1) is 0 Å². The van der Waals surface area contributed by atoms with Crippen molar-refractivity contribution in [3.63, 3.8) is 0 Å². The van der Waals surface area contributed by atoms with E-state index >= 15 is 0 Å². The number of Topliss-reactive ketones (excluding diaryl/α,β-unsaturated/α-hetero) is 2. The van der Waals surface area contributed by atoms with Gasteiger partial charge in [0.2, 0.25) is 0 Å². The molecule has 0 aliphatic heterocycles. The summed E-state index contributed by atoms with van der Waals surface area (Å²) >= 11 is 0. The zero-order valence-electron chi connectivity index (χ0n) is 27.4. The topological polar surface area (TPSA) is 115 Å². The number of carbonyl (C=O) groups excluding carboxylic acids is 2. The number of aliphatic hydroxyl groups excluding tert-OH is 2. The molecule has 0 aromatic heterocycles. The van der Waals surface area contributed by atoms with Gasteiger partial charge in [0, 0.05) is 12.8 Å². The summed E-state index contributed by atoms with van der Waals surface area (Å²) in [5.41, 5.74) is 0.757. The first-order valence-corrected chi connectivity index (χ1v) is 16.5. The molecule has 42 heavy (non-hydrogen) atoms. The van der Waals surface area contributed by atoms with Gasteiger partial charge in [-0.1, -0.05) is 27.7 Å². The van der Waals surface area contributed by atoms with E-state index in [1.807, 2.05) is 27.7 Å². The lowest BCUT2D eigenvalue weighted by atomic mass is 9.43. The maximum atomic E-state index is 12.2. The Labute approximate surface area is 253 Å². The van der Waals surface area contributed by atoms with Crippen LogP contribution >= 0.6 is 0 Å². The molecular formula is C36H56O6. The van der Waals surface area contributed by atoms with Gasteiger partial charge in [-0.2, -0.15) is 0 Å². The highest BCUT2D eigenvalue weighted by molar-refractivity contribution is 5.95. The smallest absolute Gasteiger partial charge is 0.197 e. The van der Waals surface area contributed by atoms with Gasteiger partial charge in [-0.25, -0.2) is 0 Å². The minimum atomic E-state index is -0.552. The monoisotopic (exact) mass is 584 g/mol. The highest BCUT2D eigenvalue weighted by Gasteiger charge is 2.61. The molecule has 0 saturated heterocycles. The lowest BCUT2D eigenvalue weighted by Gasteiger charge is -2.61. The van der Waals surface area contributed by atoms with Gasteiger partial charge in [0.15, 0.2) is 23.1 Å². The largest absolute Gasteiger partial charge is 0.504 e. The van der Waals surface area contributed by atoms with Gasteiger partial charge in [0.25, 0.3) is 0 Å². The van der Waals surface area contributed by atoms with Crippen molar-refractivity contribution in [2.45, 2.75) is 144 Å². The fourth-order valence-electron chi connectivity index (χ4n) is 11.1. The fraction of sp³-hybridized carbons (Fsp3) is 0.833. The molecule has 0 heterocycles. The van der Waals surface area contributed by atoms with Crippen LogP contribution in [-0.4, -0.2) is 43.2 Å². The Bertz CT molecular complexity index is 1130. The molecule has 4 N–H and O–H groups in total. The quantitative estimate of drug-likeness (QED) is 0.234. The SMILES string of the molecule is CC1=C(O)C(=O)C[C@@H]2[C@@]3(C)CC[C@](C)(O)C[C@@H]3CC[C@]12C.CC1=C(O)C(=O)C[C@@H]2[C@@]3(C)CC[C@](C)(O)C[C@@H]3CC[C@]12C. The third-order valence-electron chi connectivity index (χ3n) is 14.5. The molecule has 0 bridgehead atoms. The number of rotatable bonds is 0. The number of hydrogen-bond donors (Lipinski definition) is 4. The van der Waals surface area contributed by atoms with E-state index in [-0.39, 0.29) is 44.7 Å².